The molecular formula is C20H23N3O3. The summed E-state index contributed by atoms with van der Waals surface area (Å²) < 4.78 is 0. The molecule has 3 N–H and O–H groups in total. The first-order valence-electron chi connectivity index (χ1n) is 8.69. The maximum absolute atomic E-state index is 12.0. The van der Waals surface area contributed by atoms with E-state index in [4.69, 9.17) is 4.84 Å². The lowest BCUT2D eigenvalue weighted by Gasteiger charge is -2.22. The van der Waals surface area contributed by atoms with E-state index in [0.717, 1.165) is 22.0 Å². The molecule has 26 heavy (non-hydrogen) atoms. The number of aromatic amines is 1. The highest BCUT2D eigenvalue weighted by atomic mass is 16.6. The van der Waals surface area contributed by atoms with Crippen LogP contribution in [0.4, 0.5) is 0 Å². The van der Waals surface area contributed by atoms with Crippen molar-refractivity contribution in [2.24, 2.45) is 5.92 Å². The van der Waals surface area contributed by atoms with E-state index in [-0.39, 0.29) is 24.3 Å². The second-order valence-corrected chi connectivity index (χ2v) is 6.33. The summed E-state index contributed by atoms with van der Waals surface area (Å²) in [4.78, 5) is 24.3. The number of hydrogen-bond acceptors (Lipinski definition) is 4. The molecule has 1 aromatic heterocycles. The first kappa shape index (κ1) is 18.1. The molecule has 2 unspecified atom stereocenters. The molecule has 0 aliphatic rings. The maximum Gasteiger partial charge on any atom is 0.274 e. The minimum atomic E-state index is -0.262. The highest BCUT2D eigenvalue weighted by molar-refractivity contribution is 5.98. The number of nitrogens with zero attached hydrogens (tertiary/aromatic N) is 1. The average molecular weight is 353 g/mol. The summed E-state index contributed by atoms with van der Waals surface area (Å²) in [6.07, 6.45) is 3.44. The molecule has 0 spiro atoms. The molecule has 0 bridgehead atoms. The van der Waals surface area contributed by atoms with Crippen molar-refractivity contribution in [3.8, 4) is 0 Å². The number of fused-ring (bicyclic) bond motifs is 1. The van der Waals surface area contributed by atoms with Gasteiger partial charge in [-0.05, 0) is 41.3 Å². The van der Waals surface area contributed by atoms with Crippen LogP contribution >= 0.6 is 0 Å². The Morgan fingerprint density at radius 1 is 1.27 bits per heavy atom. The Bertz CT molecular complexity index is 877. The van der Waals surface area contributed by atoms with Gasteiger partial charge in [0.05, 0.1) is 12.9 Å². The van der Waals surface area contributed by atoms with Crippen LogP contribution in [-0.4, -0.2) is 34.2 Å². The van der Waals surface area contributed by atoms with Crippen LogP contribution < -0.4 is 5.48 Å². The van der Waals surface area contributed by atoms with Crippen molar-refractivity contribution < 1.29 is 14.7 Å². The first-order chi connectivity index (χ1) is 12.6. The molecule has 136 valence electrons. The third-order valence-corrected chi connectivity index (χ3v) is 4.51. The van der Waals surface area contributed by atoms with Crippen molar-refractivity contribution in [2.45, 2.75) is 19.8 Å². The Hall–Kier alpha value is -2.70. The van der Waals surface area contributed by atoms with E-state index in [0.29, 0.717) is 12.2 Å². The molecule has 3 aromatic rings. The second-order valence-electron chi connectivity index (χ2n) is 6.33. The standard InChI is InChI=1S/C20H23N3O3/c1-3-26-23-20(25)17-7-5-14-8-16(6-4-15(14)9-17)19(13(2)11-24)18-10-21-12-22-18/h4-10,12-13,19,24H,3,11H2,1-2H3,(H,21,22)(H,23,25). The Morgan fingerprint density at radius 2 is 2.04 bits per heavy atom. The largest absolute Gasteiger partial charge is 0.396 e. The molecule has 0 saturated heterocycles. The number of carbonyl (C=O) groups is 1. The average Bonchev–Trinajstić information content (AvgIpc) is 3.19. The van der Waals surface area contributed by atoms with Crippen LogP contribution in [0.3, 0.4) is 0 Å². The van der Waals surface area contributed by atoms with Gasteiger partial charge in [0.2, 0.25) is 0 Å². The van der Waals surface area contributed by atoms with Gasteiger partial charge < -0.3 is 10.1 Å². The zero-order chi connectivity index (χ0) is 18.5. The van der Waals surface area contributed by atoms with Gasteiger partial charge in [0.25, 0.3) is 5.91 Å². The molecule has 6 nitrogen and oxygen atoms in total. The minimum absolute atomic E-state index is 0.0211. The first-order valence-corrected chi connectivity index (χ1v) is 8.69. The normalized spacial score (nSPS) is 13.5. The van der Waals surface area contributed by atoms with Crippen molar-refractivity contribution in [1.29, 1.82) is 0 Å². The Balaban J connectivity index is 1.94. The van der Waals surface area contributed by atoms with Crippen LogP contribution in [0.15, 0.2) is 48.9 Å². The van der Waals surface area contributed by atoms with Crippen molar-refractivity contribution >= 4 is 16.7 Å². The van der Waals surface area contributed by atoms with Gasteiger partial charge in [-0.3, -0.25) is 9.63 Å². The van der Waals surface area contributed by atoms with E-state index in [9.17, 15) is 9.90 Å². The topological polar surface area (TPSA) is 87.2 Å². The molecule has 2 atom stereocenters. The van der Waals surface area contributed by atoms with E-state index >= 15 is 0 Å². The fraction of sp³-hybridized carbons (Fsp3) is 0.300. The predicted octanol–water partition coefficient (Wildman–Crippen LogP) is 3.00. The van der Waals surface area contributed by atoms with E-state index in [1.54, 1.807) is 18.6 Å². The van der Waals surface area contributed by atoms with Crippen LogP contribution in [0.25, 0.3) is 10.8 Å². The van der Waals surface area contributed by atoms with Crippen LogP contribution in [0, 0.1) is 5.92 Å². The quantitative estimate of drug-likeness (QED) is 0.570. The fourth-order valence-electron chi connectivity index (χ4n) is 3.15. The number of imidazole rings is 1. The van der Waals surface area contributed by atoms with Gasteiger partial charge in [0.1, 0.15) is 0 Å². The number of nitrogens with one attached hydrogen (secondary N) is 2. The van der Waals surface area contributed by atoms with E-state index in [2.05, 4.69) is 21.5 Å². The molecule has 1 amide bonds. The molecule has 6 heteroatoms. The fourth-order valence-corrected chi connectivity index (χ4v) is 3.15. The van der Waals surface area contributed by atoms with Crippen LogP contribution in [0.1, 0.15) is 41.4 Å². The molecule has 0 fully saturated rings. The van der Waals surface area contributed by atoms with Gasteiger partial charge >= 0.3 is 0 Å². The Morgan fingerprint density at radius 3 is 2.73 bits per heavy atom. The summed E-state index contributed by atoms with van der Waals surface area (Å²) >= 11 is 0. The molecule has 0 aliphatic carbocycles. The zero-order valence-electron chi connectivity index (χ0n) is 14.9. The number of hydroxylamine groups is 1. The number of aliphatic hydroxyl groups is 1. The summed E-state index contributed by atoms with van der Waals surface area (Å²) in [5.41, 5.74) is 5.02. The maximum atomic E-state index is 12.0. The van der Waals surface area contributed by atoms with Crippen LogP contribution in [0.5, 0.6) is 0 Å². The monoisotopic (exact) mass is 353 g/mol. The van der Waals surface area contributed by atoms with Gasteiger partial charge in [-0.1, -0.05) is 31.2 Å². The van der Waals surface area contributed by atoms with Gasteiger partial charge in [0.15, 0.2) is 0 Å². The zero-order valence-corrected chi connectivity index (χ0v) is 14.9. The third-order valence-electron chi connectivity index (χ3n) is 4.51. The number of aliphatic hydroxyl groups excluding tert-OH is 1. The van der Waals surface area contributed by atoms with Crippen molar-refractivity contribution in [1.82, 2.24) is 15.4 Å². The van der Waals surface area contributed by atoms with E-state index < -0.39 is 0 Å². The molecule has 2 aromatic carbocycles. The number of benzene rings is 2. The van der Waals surface area contributed by atoms with Crippen molar-refractivity contribution in [3.05, 3.63) is 65.7 Å². The molecule has 0 radical (unpaired) electrons. The lowest BCUT2D eigenvalue weighted by Crippen LogP contribution is -2.23. The molecule has 1 heterocycles. The molecule has 3 rings (SSSR count). The molecular weight excluding hydrogens is 330 g/mol. The lowest BCUT2D eigenvalue weighted by molar-refractivity contribution is 0.0364. The van der Waals surface area contributed by atoms with Crippen molar-refractivity contribution in [3.63, 3.8) is 0 Å². The van der Waals surface area contributed by atoms with Crippen LogP contribution in [0.2, 0.25) is 0 Å². The van der Waals surface area contributed by atoms with Gasteiger partial charge in [-0.2, -0.15) is 0 Å². The number of amides is 1. The second kappa shape index (κ2) is 8.12. The van der Waals surface area contributed by atoms with Gasteiger partial charge in [-0.15, -0.1) is 0 Å². The highest BCUT2D eigenvalue weighted by Gasteiger charge is 2.22. The molecule has 0 aliphatic heterocycles. The SMILES string of the molecule is CCONC(=O)c1ccc2cc(C(c3cnc[nH]3)C(C)CO)ccc2c1. The summed E-state index contributed by atoms with van der Waals surface area (Å²) in [7, 11) is 0. The lowest BCUT2D eigenvalue weighted by atomic mass is 9.84. The van der Waals surface area contributed by atoms with E-state index in [1.165, 1.54) is 0 Å². The third kappa shape index (κ3) is 3.76. The highest BCUT2D eigenvalue weighted by Crippen LogP contribution is 2.32. The number of rotatable bonds is 7. The number of H-pyrrole nitrogens is 1. The summed E-state index contributed by atoms with van der Waals surface area (Å²) in [6, 6.07) is 11.7. The minimum Gasteiger partial charge on any atom is -0.396 e. The van der Waals surface area contributed by atoms with Gasteiger partial charge in [0, 0.05) is 30.0 Å². The Labute approximate surface area is 152 Å². The predicted molar refractivity (Wildman–Crippen MR) is 99.7 cm³/mol. The number of hydrogen-bond donors (Lipinski definition) is 3. The smallest absolute Gasteiger partial charge is 0.274 e. The summed E-state index contributed by atoms with van der Waals surface area (Å²) in [5, 5.41) is 11.7. The number of carbonyl (C=O) groups excluding carboxylic acids is 1. The summed E-state index contributed by atoms with van der Waals surface area (Å²) in [5.74, 6) is -0.195. The van der Waals surface area contributed by atoms with E-state index in [1.807, 2.05) is 38.1 Å². The van der Waals surface area contributed by atoms with Crippen LogP contribution in [-0.2, 0) is 4.84 Å². The Kier molecular flexibility index (Phi) is 5.65. The number of aromatic nitrogens is 2. The molecule has 0 saturated carbocycles. The van der Waals surface area contributed by atoms with Gasteiger partial charge in [-0.25, -0.2) is 10.5 Å². The summed E-state index contributed by atoms with van der Waals surface area (Å²) in [6.45, 7) is 4.32. The van der Waals surface area contributed by atoms with Crippen molar-refractivity contribution in [2.75, 3.05) is 13.2 Å².